The molecule has 4 nitrogen and oxygen atoms in total. The van der Waals surface area contributed by atoms with Gasteiger partial charge < -0.3 is 8.61 Å². The molecule has 0 unspecified atom stereocenters. The zero-order chi connectivity index (χ0) is 17.4. The Morgan fingerprint density at radius 2 is 1.68 bits per heavy atom. The van der Waals surface area contributed by atoms with Gasteiger partial charge in [-0.25, -0.2) is 0 Å². The summed E-state index contributed by atoms with van der Waals surface area (Å²) in [6.45, 7) is 10.3. The highest BCUT2D eigenvalue weighted by atomic mass is 32.2. The fraction of sp³-hybridized carbons (Fsp3) is 0.846. The van der Waals surface area contributed by atoms with Gasteiger partial charge in [-0.15, -0.1) is 0 Å². The molecule has 0 aromatic carbocycles. The standard InChI is InChI=1S/C13H23F3O4SSi/c1-12(2,3)22(4,5)19-9-10-7-6-8-11(10)20-21(17,18)13(14,15)16/h6-9H2,1-5H3. The van der Waals surface area contributed by atoms with Crippen LogP contribution in [-0.4, -0.2) is 28.9 Å². The van der Waals surface area contributed by atoms with E-state index in [1.807, 2.05) is 33.9 Å². The van der Waals surface area contributed by atoms with Crippen molar-refractivity contribution in [1.29, 1.82) is 0 Å². The third-order valence-corrected chi connectivity index (χ3v) is 9.65. The van der Waals surface area contributed by atoms with E-state index in [1.54, 1.807) is 0 Å². The average Bonchev–Trinajstić information content (AvgIpc) is 2.70. The van der Waals surface area contributed by atoms with Crippen LogP contribution in [0.3, 0.4) is 0 Å². The van der Waals surface area contributed by atoms with Crippen LogP contribution in [0.15, 0.2) is 11.3 Å². The number of halogens is 3. The molecule has 22 heavy (non-hydrogen) atoms. The van der Waals surface area contributed by atoms with E-state index in [2.05, 4.69) is 4.18 Å². The van der Waals surface area contributed by atoms with E-state index in [1.165, 1.54) is 0 Å². The van der Waals surface area contributed by atoms with Crippen LogP contribution in [0, 0.1) is 0 Å². The summed E-state index contributed by atoms with van der Waals surface area (Å²) in [7, 11) is -7.66. The van der Waals surface area contributed by atoms with E-state index >= 15 is 0 Å². The molecule has 0 heterocycles. The van der Waals surface area contributed by atoms with Gasteiger partial charge in [0.1, 0.15) is 5.76 Å². The maximum atomic E-state index is 12.4. The normalized spacial score (nSPS) is 18.0. The Balaban J connectivity index is 2.86. The van der Waals surface area contributed by atoms with Gasteiger partial charge >= 0.3 is 15.6 Å². The van der Waals surface area contributed by atoms with Crippen molar-refractivity contribution < 1.29 is 30.2 Å². The molecule has 1 aliphatic rings. The smallest absolute Gasteiger partial charge is 0.413 e. The molecule has 0 aliphatic heterocycles. The Morgan fingerprint density at radius 3 is 2.14 bits per heavy atom. The van der Waals surface area contributed by atoms with Crippen LogP contribution < -0.4 is 0 Å². The molecule has 0 saturated carbocycles. The third kappa shape index (κ3) is 4.48. The summed E-state index contributed by atoms with van der Waals surface area (Å²) in [5, 5.41) is -0.0365. The molecule has 9 heteroatoms. The van der Waals surface area contributed by atoms with Crippen LogP contribution in [0.4, 0.5) is 13.2 Å². The minimum Gasteiger partial charge on any atom is -0.413 e. The lowest BCUT2D eigenvalue weighted by Gasteiger charge is -2.36. The highest BCUT2D eigenvalue weighted by Crippen LogP contribution is 2.38. The van der Waals surface area contributed by atoms with Gasteiger partial charge in [-0.05, 0) is 36.5 Å². The van der Waals surface area contributed by atoms with Crippen molar-refractivity contribution in [3.8, 4) is 0 Å². The van der Waals surface area contributed by atoms with E-state index in [0.29, 0.717) is 18.4 Å². The largest absolute Gasteiger partial charge is 0.534 e. The first-order chi connectivity index (χ1) is 9.67. The fourth-order valence-electron chi connectivity index (χ4n) is 1.70. The average molecular weight is 360 g/mol. The quantitative estimate of drug-likeness (QED) is 0.416. The molecule has 0 aromatic heterocycles. The topological polar surface area (TPSA) is 52.6 Å². The Bertz CT molecular complexity index is 545. The maximum Gasteiger partial charge on any atom is 0.534 e. The highest BCUT2D eigenvalue weighted by molar-refractivity contribution is 7.87. The van der Waals surface area contributed by atoms with Crippen molar-refractivity contribution >= 4 is 18.4 Å². The highest BCUT2D eigenvalue weighted by Gasteiger charge is 2.49. The van der Waals surface area contributed by atoms with E-state index in [0.717, 1.165) is 0 Å². The van der Waals surface area contributed by atoms with Gasteiger partial charge in [0.25, 0.3) is 0 Å². The lowest BCUT2D eigenvalue weighted by molar-refractivity contribution is -0.0523. The molecule has 130 valence electrons. The minimum atomic E-state index is -5.60. The second kappa shape index (κ2) is 6.16. The van der Waals surface area contributed by atoms with Crippen LogP contribution in [-0.2, 0) is 18.7 Å². The van der Waals surface area contributed by atoms with E-state index in [9.17, 15) is 21.6 Å². The Hall–Kier alpha value is -0.543. The summed E-state index contributed by atoms with van der Waals surface area (Å²) >= 11 is 0. The maximum absolute atomic E-state index is 12.4. The van der Waals surface area contributed by atoms with Gasteiger partial charge in [-0.2, -0.15) is 21.6 Å². The first-order valence-corrected chi connectivity index (χ1v) is 11.3. The predicted molar refractivity (Wildman–Crippen MR) is 80.1 cm³/mol. The zero-order valence-electron chi connectivity index (χ0n) is 13.5. The van der Waals surface area contributed by atoms with Crippen molar-refractivity contribution in [1.82, 2.24) is 0 Å². The minimum absolute atomic E-state index is 0.0365. The number of rotatable bonds is 5. The number of alkyl halides is 3. The van der Waals surface area contributed by atoms with Crippen LogP contribution in [0.5, 0.6) is 0 Å². The molecule has 0 atom stereocenters. The molecule has 0 radical (unpaired) electrons. The summed E-state index contributed by atoms with van der Waals surface area (Å²) in [6.07, 6.45) is 1.25. The molecule has 1 aliphatic carbocycles. The number of hydrogen-bond donors (Lipinski definition) is 0. The lowest BCUT2D eigenvalue weighted by atomic mass is 10.2. The van der Waals surface area contributed by atoms with Gasteiger partial charge in [0.15, 0.2) is 8.32 Å². The van der Waals surface area contributed by atoms with Crippen LogP contribution in [0.25, 0.3) is 0 Å². The van der Waals surface area contributed by atoms with Crippen LogP contribution in [0.2, 0.25) is 18.1 Å². The lowest BCUT2D eigenvalue weighted by Crippen LogP contribution is -2.41. The molecule has 0 saturated heterocycles. The van der Waals surface area contributed by atoms with Gasteiger partial charge in [-0.3, -0.25) is 0 Å². The summed E-state index contributed by atoms with van der Waals surface area (Å²) in [5.41, 5.74) is -4.90. The molecule has 0 amide bonds. The van der Waals surface area contributed by atoms with Crippen molar-refractivity contribution in [2.45, 2.75) is 63.7 Å². The Kier molecular flexibility index (Phi) is 5.46. The van der Waals surface area contributed by atoms with Crippen molar-refractivity contribution in [2.75, 3.05) is 6.61 Å². The molecule has 0 N–H and O–H groups in total. The molecule has 0 spiro atoms. The van der Waals surface area contributed by atoms with Gasteiger partial charge in [-0.1, -0.05) is 20.8 Å². The van der Waals surface area contributed by atoms with E-state index in [-0.39, 0.29) is 23.8 Å². The molecular formula is C13H23F3O4SSi. The van der Waals surface area contributed by atoms with Gasteiger partial charge in [0.05, 0.1) is 6.61 Å². The molecular weight excluding hydrogens is 337 g/mol. The molecule has 0 fully saturated rings. The molecule has 0 bridgehead atoms. The number of allylic oxidation sites excluding steroid dienone is 1. The van der Waals surface area contributed by atoms with Crippen molar-refractivity contribution in [3.63, 3.8) is 0 Å². The second-order valence-electron chi connectivity index (χ2n) is 6.91. The summed E-state index contributed by atoms with van der Waals surface area (Å²) in [6, 6.07) is 0. The Labute approximate surface area is 130 Å². The fourth-order valence-corrected chi connectivity index (χ4v) is 3.22. The summed E-state index contributed by atoms with van der Waals surface area (Å²) in [5.74, 6) is -0.115. The van der Waals surface area contributed by atoms with Crippen LogP contribution >= 0.6 is 0 Å². The van der Waals surface area contributed by atoms with Crippen molar-refractivity contribution in [3.05, 3.63) is 11.3 Å². The first-order valence-electron chi connectivity index (χ1n) is 7.03. The van der Waals surface area contributed by atoms with E-state index < -0.39 is 23.9 Å². The van der Waals surface area contributed by atoms with Gasteiger partial charge in [0, 0.05) is 6.42 Å². The summed E-state index contributed by atoms with van der Waals surface area (Å²) < 4.78 is 69.6. The van der Waals surface area contributed by atoms with Gasteiger partial charge in [0.2, 0.25) is 0 Å². The Morgan fingerprint density at radius 1 is 1.14 bits per heavy atom. The third-order valence-electron chi connectivity index (χ3n) is 4.18. The SMILES string of the molecule is CC(C)(C)[Si](C)(C)OCC1=C(OS(=O)(=O)C(F)(F)F)CCC1. The van der Waals surface area contributed by atoms with Crippen LogP contribution in [0.1, 0.15) is 40.0 Å². The molecule has 0 aromatic rings. The zero-order valence-corrected chi connectivity index (χ0v) is 15.3. The second-order valence-corrected chi connectivity index (χ2v) is 13.3. The summed E-state index contributed by atoms with van der Waals surface area (Å²) in [4.78, 5) is 0. The first kappa shape index (κ1) is 19.5. The van der Waals surface area contributed by atoms with E-state index in [4.69, 9.17) is 4.43 Å². The molecule has 1 rings (SSSR count). The predicted octanol–water partition coefficient (Wildman–Crippen LogP) is 4.31. The monoisotopic (exact) mass is 360 g/mol. The van der Waals surface area contributed by atoms with Crippen molar-refractivity contribution in [2.24, 2.45) is 0 Å². The number of hydrogen-bond acceptors (Lipinski definition) is 4.